The SMILES string of the molecule is N#Cc1ccc(-c2nc3cc(N)ccc3[nH]2)cc1. The monoisotopic (exact) mass is 234 g/mol. The van der Waals surface area contributed by atoms with E-state index in [9.17, 15) is 0 Å². The van der Waals surface area contributed by atoms with E-state index in [0.717, 1.165) is 22.4 Å². The molecule has 0 spiro atoms. The number of hydrogen-bond acceptors (Lipinski definition) is 3. The summed E-state index contributed by atoms with van der Waals surface area (Å²) in [6.45, 7) is 0. The second-order valence-corrected chi connectivity index (χ2v) is 4.05. The van der Waals surface area contributed by atoms with Gasteiger partial charge in [-0.2, -0.15) is 5.26 Å². The van der Waals surface area contributed by atoms with Gasteiger partial charge in [0, 0.05) is 11.3 Å². The lowest BCUT2D eigenvalue weighted by Crippen LogP contribution is -1.82. The first-order chi connectivity index (χ1) is 8.76. The van der Waals surface area contributed by atoms with Crippen molar-refractivity contribution in [2.75, 3.05) is 5.73 Å². The van der Waals surface area contributed by atoms with Crippen molar-refractivity contribution < 1.29 is 0 Å². The molecule has 0 atom stereocenters. The number of fused-ring (bicyclic) bond motifs is 1. The van der Waals surface area contributed by atoms with Crippen molar-refractivity contribution in [1.82, 2.24) is 9.97 Å². The van der Waals surface area contributed by atoms with Gasteiger partial charge < -0.3 is 10.7 Å². The van der Waals surface area contributed by atoms with Crippen molar-refractivity contribution in [3.8, 4) is 17.5 Å². The highest BCUT2D eigenvalue weighted by Crippen LogP contribution is 2.22. The summed E-state index contributed by atoms with van der Waals surface area (Å²) in [6.07, 6.45) is 0. The number of nitrogen functional groups attached to an aromatic ring is 1. The minimum absolute atomic E-state index is 0.638. The van der Waals surface area contributed by atoms with Gasteiger partial charge in [0.05, 0.1) is 22.7 Å². The Hall–Kier alpha value is -2.80. The van der Waals surface area contributed by atoms with Crippen molar-refractivity contribution in [1.29, 1.82) is 5.26 Å². The minimum atomic E-state index is 0.638. The molecule has 2 aromatic carbocycles. The van der Waals surface area contributed by atoms with Gasteiger partial charge in [0.25, 0.3) is 0 Å². The number of benzene rings is 2. The lowest BCUT2D eigenvalue weighted by atomic mass is 10.1. The van der Waals surface area contributed by atoms with E-state index in [1.165, 1.54) is 0 Å². The standard InChI is InChI=1S/C14H10N4/c15-8-9-1-3-10(4-2-9)14-17-12-6-5-11(16)7-13(12)18-14/h1-7H,16H2,(H,17,18). The van der Waals surface area contributed by atoms with E-state index in [0.29, 0.717) is 11.3 Å². The van der Waals surface area contributed by atoms with Crippen molar-refractivity contribution >= 4 is 16.7 Å². The number of nitrogens with one attached hydrogen (secondary N) is 1. The van der Waals surface area contributed by atoms with Crippen LogP contribution >= 0.6 is 0 Å². The summed E-state index contributed by atoms with van der Waals surface area (Å²) in [5.74, 6) is 0.778. The van der Waals surface area contributed by atoms with Gasteiger partial charge in [0.15, 0.2) is 0 Å². The van der Waals surface area contributed by atoms with Crippen LogP contribution in [0.2, 0.25) is 0 Å². The Morgan fingerprint density at radius 1 is 1.11 bits per heavy atom. The molecule has 0 aliphatic carbocycles. The van der Waals surface area contributed by atoms with Crippen LogP contribution in [-0.4, -0.2) is 9.97 Å². The maximum absolute atomic E-state index is 8.76. The van der Waals surface area contributed by atoms with E-state index in [2.05, 4.69) is 16.0 Å². The first kappa shape index (κ1) is 10.4. The Morgan fingerprint density at radius 2 is 1.89 bits per heavy atom. The molecule has 0 aliphatic rings. The smallest absolute Gasteiger partial charge is 0.138 e. The summed E-state index contributed by atoms with van der Waals surface area (Å²) in [4.78, 5) is 7.71. The fourth-order valence-electron chi connectivity index (χ4n) is 1.86. The predicted octanol–water partition coefficient (Wildman–Crippen LogP) is 2.68. The molecule has 1 heterocycles. The molecule has 0 radical (unpaired) electrons. The minimum Gasteiger partial charge on any atom is -0.399 e. The average molecular weight is 234 g/mol. The highest BCUT2D eigenvalue weighted by atomic mass is 14.9. The van der Waals surface area contributed by atoms with Crippen molar-refractivity contribution in [3.05, 3.63) is 48.0 Å². The van der Waals surface area contributed by atoms with Crippen LogP contribution in [0, 0.1) is 11.3 Å². The van der Waals surface area contributed by atoms with E-state index < -0.39 is 0 Å². The van der Waals surface area contributed by atoms with Gasteiger partial charge in [-0.25, -0.2) is 4.98 Å². The molecule has 0 amide bonds. The summed E-state index contributed by atoms with van der Waals surface area (Å²) < 4.78 is 0. The summed E-state index contributed by atoms with van der Waals surface area (Å²) in [7, 11) is 0. The molecule has 1 aromatic heterocycles. The lowest BCUT2D eigenvalue weighted by molar-refractivity contribution is 1.33. The highest BCUT2D eigenvalue weighted by Gasteiger charge is 2.05. The third-order valence-electron chi connectivity index (χ3n) is 2.79. The van der Waals surface area contributed by atoms with Crippen LogP contribution in [0.1, 0.15) is 5.56 Å². The number of rotatable bonds is 1. The van der Waals surface area contributed by atoms with Crippen LogP contribution in [0.25, 0.3) is 22.4 Å². The number of imidazole rings is 1. The van der Waals surface area contributed by atoms with E-state index >= 15 is 0 Å². The molecular formula is C14H10N4. The normalized spacial score (nSPS) is 10.4. The third-order valence-corrected chi connectivity index (χ3v) is 2.79. The predicted molar refractivity (Wildman–Crippen MR) is 70.7 cm³/mol. The molecule has 0 fully saturated rings. The maximum atomic E-state index is 8.76. The van der Waals surface area contributed by atoms with Crippen molar-refractivity contribution in [2.45, 2.75) is 0 Å². The van der Waals surface area contributed by atoms with Crippen LogP contribution in [0.4, 0.5) is 5.69 Å². The molecule has 4 heteroatoms. The fourth-order valence-corrected chi connectivity index (χ4v) is 1.86. The zero-order valence-corrected chi connectivity index (χ0v) is 9.51. The van der Waals surface area contributed by atoms with Crippen LogP contribution in [0.5, 0.6) is 0 Å². The Bertz CT molecular complexity index is 748. The molecule has 3 rings (SSSR count). The molecule has 0 saturated heterocycles. The number of nitrogens with two attached hydrogens (primary N) is 1. The molecule has 18 heavy (non-hydrogen) atoms. The fraction of sp³-hybridized carbons (Fsp3) is 0. The highest BCUT2D eigenvalue weighted by molar-refractivity contribution is 5.82. The number of nitrogens with zero attached hydrogens (tertiary/aromatic N) is 2. The molecule has 0 unspecified atom stereocenters. The van der Waals surface area contributed by atoms with E-state index in [-0.39, 0.29) is 0 Å². The van der Waals surface area contributed by atoms with Crippen LogP contribution in [0.3, 0.4) is 0 Å². The molecule has 3 aromatic rings. The zero-order chi connectivity index (χ0) is 12.5. The van der Waals surface area contributed by atoms with Gasteiger partial charge in [-0.05, 0) is 42.5 Å². The summed E-state index contributed by atoms with van der Waals surface area (Å²) >= 11 is 0. The van der Waals surface area contributed by atoms with Gasteiger partial charge in [0.1, 0.15) is 5.82 Å². The quantitative estimate of drug-likeness (QED) is 0.635. The molecule has 0 aliphatic heterocycles. The van der Waals surface area contributed by atoms with Gasteiger partial charge in [0.2, 0.25) is 0 Å². The molecule has 0 bridgehead atoms. The van der Waals surface area contributed by atoms with Gasteiger partial charge in [-0.15, -0.1) is 0 Å². The van der Waals surface area contributed by atoms with Crippen LogP contribution in [0.15, 0.2) is 42.5 Å². The largest absolute Gasteiger partial charge is 0.399 e. The Labute approximate surface area is 104 Å². The Morgan fingerprint density at radius 3 is 2.61 bits per heavy atom. The molecule has 86 valence electrons. The number of aromatic amines is 1. The van der Waals surface area contributed by atoms with E-state index in [1.54, 1.807) is 12.1 Å². The average Bonchev–Trinajstić information content (AvgIpc) is 2.81. The van der Waals surface area contributed by atoms with Crippen LogP contribution < -0.4 is 5.73 Å². The Balaban J connectivity index is 2.10. The molecular weight excluding hydrogens is 224 g/mol. The number of nitriles is 1. The second-order valence-electron chi connectivity index (χ2n) is 4.05. The van der Waals surface area contributed by atoms with Crippen LogP contribution in [-0.2, 0) is 0 Å². The summed E-state index contributed by atoms with van der Waals surface area (Å²) in [6, 6.07) is 15.0. The first-order valence-electron chi connectivity index (χ1n) is 5.52. The van der Waals surface area contributed by atoms with Crippen molar-refractivity contribution in [3.63, 3.8) is 0 Å². The summed E-state index contributed by atoms with van der Waals surface area (Å²) in [5.41, 5.74) is 9.79. The second kappa shape index (κ2) is 3.90. The van der Waals surface area contributed by atoms with Crippen molar-refractivity contribution in [2.24, 2.45) is 0 Å². The van der Waals surface area contributed by atoms with E-state index in [4.69, 9.17) is 11.0 Å². The maximum Gasteiger partial charge on any atom is 0.138 e. The number of aromatic nitrogens is 2. The topological polar surface area (TPSA) is 78.5 Å². The molecule has 3 N–H and O–H groups in total. The Kier molecular flexibility index (Phi) is 2.24. The first-order valence-corrected chi connectivity index (χ1v) is 5.52. The lowest BCUT2D eigenvalue weighted by Gasteiger charge is -1.95. The molecule has 0 saturated carbocycles. The van der Waals surface area contributed by atoms with Gasteiger partial charge in [-0.3, -0.25) is 0 Å². The summed E-state index contributed by atoms with van der Waals surface area (Å²) in [5, 5.41) is 8.76. The van der Waals surface area contributed by atoms with Gasteiger partial charge in [-0.1, -0.05) is 0 Å². The number of hydrogen-bond donors (Lipinski definition) is 2. The van der Waals surface area contributed by atoms with E-state index in [1.807, 2.05) is 30.3 Å². The molecule has 4 nitrogen and oxygen atoms in total. The number of anilines is 1. The third kappa shape index (κ3) is 1.68. The van der Waals surface area contributed by atoms with Gasteiger partial charge >= 0.3 is 0 Å². The number of H-pyrrole nitrogens is 1. The zero-order valence-electron chi connectivity index (χ0n) is 9.51.